The first-order chi connectivity index (χ1) is 10.1. The molecule has 4 N–H and O–H groups in total. The summed E-state index contributed by atoms with van der Waals surface area (Å²) in [5.74, 6) is -0.591. The molecule has 0 radical (unpaired) electrons. The predicted octanol–water partition coefficient (Wildman–Crippen LogP) is 1.02. The Morgan fingerprint density at radius 3 is 2.81 bits per heavy atom. The lowest BCUT2D eigenvalue weighted by atomic mass is 10.3. The zero-order chi connectivity index (χ0) is 14.8. The molecule has 0 bridgehead atoms. The maximum absolute atomic E-state index is 11.2. The van der Waals surface area contributed by atoms with Crippen molar-refractivity contribution >= 4 is 23.4 Å². The highest BCUT2D eigenvalue weighted by atomic mass is 32.2. The van der Waals surface area contributed by atoms with Crippen molar-refractivity contribution in [3.8, 4) is 0 Å². The Balaban J connectivity index is 1.88. The fraction of sp³-hybridized carbons (Fsp3) is 0.417. The van der Waals surface area contributed by atoms with Crippen LogP contribution in [0.1, 0.15) is 42.2 Å². The maximum Gasteiger partial charge on any atom is 0.267 e. The standard InChI is InChI=1S/C12H15N7OS/c13-8-5-6-9(10(14)20)15-11(8)21-12-16-17-18-19(12)7-3-1-2-4-7/h5-7H,1-4,13H2,(H2,14,20). The zero-order valence-corrected chi connectivity index (χ0v) is 12.1. The number of carbonyl (C=O) groups excluding carboxylic acids is 1. The smallest absolute Gasteiger partial charge is 0.267 e. The van der Waals surface area contributed by atoms with Crippen LogP contribution in [0.2, 0.25) is 0 Å². The number of carbonyl (C=O) groups is 1. The van der Waals surface area contributed by atoms with Gasteiger partial charge in [0, 0.05) is 0 Å². The number of hydrogen-bond donors (Lipinski definition) is 2. The lowest BCUT2D eigenvalue weighted by molar-refractivity contribution is 0.0995. The van der Waals surface area contributed by atoms with E-state index in [0.717, 1.165) is 12.8 Å². The first kappa shape index (κ1) is 13.8. The van der Waals surface area contributed by atoms with Gasteiger partial charge in [-0.05, 0) is 47.2 Å². The Bertz CT molecular complexity index is 665. The van der Waals surface area contributed by atoms with Gasteiger partial charge in [-0.2, -0.15) is 0 Å². The molecule has 1 amide bonds. The number of nitrogens with two attached hydrogens (primary N) is 2. The van der Waals surface area contributed by atoms with Crippen LogP contribution in [0.4, 0.5) is 5.69 Å². The number of nitrogens with zero attached hydrogens (tertiary/aromatic N) is 5. The molecule has 1 saturated carbocycles. The van der Waals surface area contributed by atoms with Crippen molar-refractivity contribution in [3.63, 3.8) is 0 Å². The number of aromatic nitrogens is 5. The summed E-state index contributed by atoms with van der Waals surface area (Å²) in [7, 11) is 0. The highest BCUT2D eigenvalue weighted by Crippen LogP contribution is 2.34. The third-order valence-corrected chi connectivity index (χ3v) is 4.43. The highest BCUT2D eigenvalue weighted by Gasteiger charge is 2.22. The third-order valence-electron chi connectivity index (χ3n) is 3.46. The quantitative estimate of drug-likeness (QED) is 0.863. The van der Waals surface area contributed by atoms with Crippen molar-refractivity contribution in [3.05, 3.63) is 17.8 Å². The molecule has 1 fully saturated rings. The molecule has 9 heteroatoms. The minimum atomic E-state index is -0.591. The number of anilines is 1. The molecule has 0 aromatic carbocycles. The fourth-order valence-electron chi connectivity index (χ4n) is 2.39. The van der Waals surface area contributed by atoms with Crippen LogP contribution < -0.4 is 11.5 Å². The normalized spacial score (nSPS) is 15.4. The molecule has 110 valence electrons. The monoisotopic (exact) mass is 305 g/mol. The molecule has 1 aliphatic carbocycles. The van der Waals surface area contributed by atoms with Gasteiger partial charge in [0.1, 0.15) is 10.7 Å². The molecule has 3 rings (SSSR count). The number of primary amides is 1. The number of hydrogen-bond acceptors (Lipinski definition) is 7. The second-order valence-electron chi connectivity index (χ2n) is 4.90. The number of nitrogen functional groups attached to an aromatic ring is 1. The van der Waals surface area contributed by atoms with E-state index in [1.807, 2.05) is 4.68 Å². The van der Waals surface area contributed by atoms with Crippen molar-refractivity contribution in [1.29, 1.82) is 0 Å². The van der Waals surface area contributed by atoms with Gasteiger partial charge >= 0.3 is 0 Å². The molecule has 1 aliphatic rings. The lowest BCUT2D eigenvalue weighted by Crippen LogP contribution is -2.14. The van der Waals surface area contributed by atoms with Crippen LogP contribution >= 0.6 is 11.8 Å². The van der Waals surface area contributed by atoms with Crippen LogP contribution in [-0.4, -0.2) is 31.1 Å². The van der Waals surface area contributed by atoms with E-state index in [1.165, 1.54) is 30.7 Å². The molecule has 2 aromatic rings. The Labute approximate surface area is 125 Å². The number of rotatable bonds is 4. The van der Waals surface area contributed by atoms with E-state index >= 15 is 0 Å². The van der Waals surface area contributed by atoms with Crippen molar-refractivity contribution in [2.45, 2.75) is 41.9 Å². The first-order valence-corrected chi connectivity index (χ1v) is 7.49. The second-order valence-corrected chi connectivity index (χ2v) is 5.86. The minimum absolute atomic E-state index is 0.173. The van der Waals surface area contributed by atoms with Crippen molar-refractivity contribution in [1.82, 2.24) is 25.2 Å². The minimum Gasteiger partial charge on any atom is -0.397 e. The maximum atomic E-state index is 11.2. The van der Waals surface area contributed by atoms with Gasteiger partial charge in [-0.3, -0.25) is 4.79 Å². The van der Waals surface area contributed by atoms with Gasteiger partial charge in [0.25, 0.3) is 5.91 Å². The Morgan fingerprint density at radius 2 is 2.10 bits per heavy atom. The number of tetrazole rings is 1. The number of pyridine rings is 1. The van der Waals surface area contributed by atoms with Gasteiger partial charge in [0.2, 0.25) is 5.16 Å². The lowest BCUT2D eigenvalue weighted by Gasteiger charge is -2.11. The van der Waals surface area contributed by atoms with E-state index in [9.17, 15) is 4.79 Å². The van der Waals surface area contributed by atoms with Gasteiger partial charge in [-0.15, -0.1) is 5.10 Å². The molecule has 2 heterocycles. The molecule has 0 aliphatic heterocycles. The van der Waals surface area contributed by atoms with Gasteiger partial charge in [-0.25, -0.2) is 9.67 Å². The molecular formula is C12H15N7OS. The average molecular weight is 305 g/mol. The van der Waals surface area contributed by atoms with E-state index in [-0.39, 0.29) is 5.69 Å². The SMILES string of the molecule is NC(=O)c1ccc(N)c(Sc2nnnn2C2CCCC2)n1. The van der Waals surface area contributed by atoms with E-state index in [0.29, 0.717) is 21.9 Å². The molecule has 0 unspecified atom stereocenters. The van der Waals surface area contributed by atoms with Crippen LogP contribution in [0, 0.1) is 0 Å². The van der Waals surface area contributed by atoms with Crippen molar-refractivity contribution in [2.24, 2.45) is 5.73 Å². The molecule has 2 aromatic heterocycles. The summed E-state index contributed by atoms with van der Waals surface area (Å²) in [5.41, 5.74) is 11.8. The van der Waals surface area contributed by atoms with Gasteiger partial charge in [0.15, 0.2) is 0 Å². The van der Waals surface area contributed by atoms with E-state index in [1.54, 1.807) is 6.07 Å². The Morgan fingerprint density at radius 1 is 1.33 bits per heavy atom. The Kier molecular flexibility index (Phi) is 3.74. The average Bonchev–Trinajstić information content (AvgIpc) is 3.11. The topological polar surface area (TPSA) is 126 Å². The highest BCUT2D eigenvalue weighted by molar-refractivity contribution is 7.99. The third kappa shape index (κ3) is 2.82. The summed E-state index contributed by atoms with van der Waals surface area (Å²) in [6.45, 7) is 0. The van der Waals surface area contributed by atoms with Gasteiger partial charge < -0.3 is 11.5 Å². The second kappa shape index (κ2) is 5.68. The van der Waals surface area contributed by atoms with Crippen LogP contribution in [0.3, 0.4) is 0 Å². The van der Waals surface area contributed by atoms with Gasteiger partial charge in [-0.1, -0.05) is 12.8 Å². The summed E-state index contributed by atoms with van der Waals surface area (Å²) in [5, 5.41) is 12.9. The summed E-state index contributed by atoms with van der Waals surface area (Å²) in [4.78, 5) is 15.4. The zero-order valence-electron chi connectivity index (χ0n) is 11.3. The van der Waals surface area contributed by atoms with Crippen LogP contribution in [0.5, 0.6) is 0 Å². The molecule has 0 atom stereocenters. The molecule has 0 spiro atoms. The molecule has 21 heavy (non-hydrogen) atoms. The molecule has 0 saturated heterocycles. The van der Waals surface area contributed by atoms with Crippen LogP contribution in [0.15, 0.2) is 22.3 Å². The van der Waals surface area contributed by atoms with Crippen LogP contribution in [0.25, 0.3) is 0 Å². The molecular weight excluding hydrogens is 290 g/mol. The van der Waals surface area contributed by atoms with E-state index in [2.05, 4.69) is 20.5 Å². The summed E-state index contributed by atoms with van der Waals surface area (Å²) in [6.07, 6.45) is 4.52. The number of amides is 1. The first-order valence-electron chi connectivity index (χ1n) is 6.67. The summed E-state index contributed by atoms with van der Waals surface area (Å²) >= 11 is 1.25. The fourth-order valence-corrected chi connectivity index (χ4v) is 3.25. The van der Waals surface area contributed by atoms with Crippen LogP contribution in [-0.2, 0) is 0 Å². The predicted molar refractivity (Wildman–Crippen MR) is 76.6 cm³/mol. The summed E-state index contributed by atoms with van der Waals surface area (Å²) < 4.78 is 1.82. The summed E-state index contributed by atoms with van der Waals surface area (Å²) in [6, 6.07) is 3.43. The Hall–Kier alpha value is -2.16. The molecule has 8 nitrogen and oxygen atoms in total. The van der Waals surface area contributed by atoms with Gasteiger partial charge in [0.05, 0.1) is 11.7 Å². The van der Waals surface area contributed by atoms with E-state index in [4.69, 9.17) is 11.5 Å². The largest absolute Gasteiger partial charge is 0.397 e. The van der Waals surface area contributed by atoms with Crippen molar-refractivity contribution < 1.29 is 4.79 Å². The van der Waals surface area contributed by atoms with E-state index < -0.39 is 5.91 Å². The van der Waals surface area contributed by atoms with Crippen molar-refractivity contribution in [2.75, 3.05) is 5.73 Å².